The highest BCUT2D eigenvalue weighted by Crippen LogP contribution is 2.27. The fourth-order valence-electron chi connectivity index (χ4n) is 0.882. The third-order valence-corrected chi connectivity index (χ3v) is 1.50. The van der Waals surface area contributed by atoms with Crippen LogP contribution in [0.25, 0.3) is 0 Å². The van der Waals surface area contributed by atoms with Crippen molar-refractivity contribution in [2.24, 2.45) is 0 Å². The summed E-state index contributed by atoms with van der Waals surface area (Å²) in [5.41, 5.74) is -0.898. The van der Waals surface area contributed by atoms with Gasteiger partial charge in [-0.1, -0.05) is 0 Å². The largest absolute Gasteiger partial charge is 0.434 e. The molecule has 0 unspecified atom stereocenters. The summed E-state index contributed by atoms with van der Waals surface area (Å²) < 4.78 is 37.3. The van der Waals surface area contributed by atoms with Crippen LogP contribution in [0.5, 0.6) is 0 Å². The minimum atomic E-state index is -4.38. The molecule has 0 radical (unpaired) electrons. The predicted octanol–water partition coefficient (Wildman–Crippen LogP) is 1.28. The van der Waals surface area contributed by atoms with Crippen molar-refractivity contribution in [2.45, 2.75) is 19.1 Å². The molecule has 0 saturated carbocycles. The van der Waals surface area contributed by atoms with Crippen molar-refractivity contribution >= 4 is 0 Å². The molecule has 0 amide bonds. The standard InChI is InChI=1S/C7H9F3N2O/c8-7(9,10)6-4-12(5-11-6)2-1-3-13/h4-5,13H,1-3H2. The molecule has 0 aliphatic carbocycles. The molecule has 74 valence electrons. The van der Waals surface area contributed by atoms with Crippen molar-refractivity contribution in [3.63, 3.8) is 0 Å². The van der Waals surface area contributed by atoms with Gasteiger partial charge in [-0.15, -0.1) is 0 Å². The summed E-state index contributed by atoms with van der Waals surface area (Å²) >= 11 is 0. The summed E-state index contributed by atoms with van der Waals surface area (Å²) in [6.45, 7) is 0.305. The highest BCUT2D eigenvalue weighted by Gasteiger charge is 2.33. The van der Waals surface area contributed by atoms with Gasteiger partial charge in [0.1, 0.15) is 0 Å². The molecule has 6 heteroatoms. The van der Waals surface area contributed by atoms with Crippen LogP contribution in [-0.4, -0.2) is 21.3 Å². The molecule has 0 aliphatic rings. The number of imidazole rings is 1. The van der Waals surface area contributed by atoms with E-state index in [2.05, 4.69) is 4.98 Å². The van der Waals surface area contributed by atoms with E-state index >= 15 is 0 Å². The molecule has 0 spiro atoms. The first kappa shape index (κ1) is 10.0. The van der Waals surface area contributed by atoms with E-state index in [-0.39, 0.29) is 6.61 Å². The Morgan fingerprint density at radius 1 is 1.46 bits per heavy atom. The van der Waals surface area contributed by atoms with Crippen LogP contribution < -0.4 is 0 Å². The second kappa shape index (κ2) is 3.78. The first-order valence-electron chi connectivity index (χ1n) is 3.74. The van der Waals surface area contributed by atoms with Crippen molar-refractivity contribution in [1.82, 2.24) is 9.55 Å². The van der Waals surface area contributed by atoms with Gasteiger partial charge in [-0.2, -0.15) is 13.2 Å². The van der Waals surface area contributed by atoms with Gasteiger partial charge in [0, 0.05) is 19.3 Å². The monoisotopic (exact) mass is 194 g/mol. The lowest BCUT2D eigenvalue weighted by Crippen LogP contribution is -2.05. The first-order valence-corrected chi connectivity index (χ1v) is 3.74. The van der Waals surface area contributed by atoms with E-state index in [4.69, 9.17) is 5.11 Å². The maximum Gasteiger partial charge on any atom is 0.434 e. The lowest BCUT2D eigenvalue weighted by Gasteiger charge is -2.00. The van der Waals surface area contributed by atoms with Gasteiger partial charge >= 0.3 is 6.18 Å². The third-order valence-electron chi connectivity index (χ3n) is 1.50. The minimum absolute atomic E-state index is 0.0421. The molecule has 1 aromatic heterocycles. The smallest absolute Gasteiger partial charge is 0.396 e. The maximum absolute atomic E-state index is 12.0. The van der Waals surface area contributed by atoms with Gasteiger partial charge in [0.05, 0.1) is 6.33 Å². The molecule has 0 bridgehead atoms. The van der Waals surface area contributed by atoms with Gasteiger partial charge in [0.2, 0.25) is 0 Å². The Balaban J connectivity index is 2.64. The molecule has 1 N–H and O–H groups in total. The molecular formula is C7H9F3N2O. The fourth-order valence-corrected chi connectivity index (χ4v) is 0.882. The molecule has 3 nitrogen and oxygen atoms in total. The summed E-state index contributed by atoms with van der Waals surface area (Å²) in [5, 5.41) is 8.44. The van der Waals surface area contributed by atoms with Crippen LogP contribution >= 0.6 is 0 Å². The Labute approximate surface area is 72.8 Å². The Hall–Kier alpha value is -1.04. The number of halogens is 3. The first-order chi connectivity index (χ1) is 6.04. The van der Waals surface area contributed by atoms with Gasteiger partial charge in [-0.05, 0) is 6.42 Å². The Morgan fingerprint density at radius 3 is 2.62 bits per heavy atom. The van der Waals surface area contributed by atoms with Crippen LogP contribution in [0.2, 0.25) is 0 Å². The average Bonchev–Trinajstić information content (AvgIpc) is 2.47. The molecular weight excluding hydrogens is 185 g/mol. The van der Waals surface area contributed by atoms with E-state index in [1.165, 1.54) is 4.57 Å². The number of aliphatic hydroxyl groups excluding tert-OH is 1. The average molecular weight is 194 g/mol. The van der Waals surface area contributed by atoms with Crippen LogP contribution in [0, 0.1) is 0 Å². The van der Waals surface area contributed by atoms with E-state index in [0.29, 0.717) is 13.0 Å². The molecule has 0 fully saturated rings. The summed E-state index contributed by atoms with van der Waals surface area (Å²) in [6, 6.07) is 0. The Kier molecular flexibility index (Phi) is 2.92. The molecule has 0 aliphatic heterocycles. The summed E-state index contributed by atoms with van der Waals surface area (Å²) in [6.07, 6.45) is -1.92. The van der Waals surface area contributed by atoms with Crippen molar-refractivity contribution in [3.8, 4) is 0 Å². The number of nitrogens with zero attached hydrogens (tertiary/aromatic N) is 2. The van der Waals surface area contributed by atoms with Gasteiger partial charge in [0.25, 0.3) is 0 Å². The molecule has 1 aromatic rings. The van der Waals surface area contributed by atoms with Gasteiger partial charge in [-0.25, -0.2) is 4.98 Å². The summed E-state index contributed by atoms with van der Waals surface area (Å²) in [5.74, 6) is 0. The fraction of sp³-hybridized carbons (Fsp3) is 0.571. The number of rotatable bonds is 3. The normalized spacial score (nSPS) is 12.0. The van der Waals surface area contributed by atoms with E-state index in [1.807, 2.05) is 0 Å². The topological polar surface area (TPSA) is 38.0 Å². The molecule has 0 saturated heterocycles. The van der Waals surface area contributed by atoms with E-state index < -0.39 is 11.9 Å². The highest BCUT2D eigenvalue weighted by molar-refractivity contribution is 5.01. The van der Waals surface area contributed by atoms with Crippen LogP contribution in [0.1, 0.15) is 12.1 Å². The maximum atomic E-state index is 12.0. The van der Waals surface area contributed by atoms with Crippen LogP contribution in [-0.2, 0) is 12.7 Å². The zero-order valence-corrected chi connectivity index (χ0v) is 6.75. The third kappa shape index (κ3) is 2.73. The van der Waals surface area contributed by atoms with E-state index in [1.54, 1.807) is 0 Å². The summed E-state index contributed by atoms with van der Waals surface area (Å²) in [7, 11) is 0. The number of hydrogen-bond acceptors (Lipinski definition) is 2. The molecule has 13 heavy (non-hydrogen) atoms. The van der Waals surface area contributed by atoms with Gasteiger partial charge in [0.15, 0.2) is 5.69 Å². The number of hydrogen-bond donors (Lipinski definition) is 1. The van der Waals surface area contributed by atoms with Crippen LogP contribution in [0.15, 0.2) is 12.5 Å². The van der Waals surface area contributed by atoms with Crippen LogP contribution in [0.4, 0.5) is 13.2 Å². The second-order valence-corrected chi connectivity index (χ2v) is 2.57. The van der Waals surface area contributed by atoms with E-state index in [0.717, 1.165) is 12.5 Å². The Morgan fingerprint density at radius 2 is 2.15 bits per heavy atom. The predicted molar refractivity (Wildman–Crippen MR) is 38.9 cm³/mol. The zero-order chi connectivity index (χ0) is 9.90. The number of aliphatic hydroxyl groups is 1. The van der Waals surface area contributed by atoms with Gasteiger partial charge < -0.3 is 9.67 Å². The lowest BCUT2D eigenvalue weighted by atomic mass is 10.4. The zero-order valence-electron chi connectivity index (χ0n) is 6.75. The van der Waals surface area contributed by atoms with E-state index in [9.17, 15) is 13.2 Å². The molecule has 0 aromatic carbocycles. The summed E-state index contributed by atoms with van der Waals surface area (Å²) in [4.78, 5) is 3.20. The van der Waals surface area contributed by atoms with Gasteiger partial charge in [-0.3, -0.25) is 0 Å². The SMILES string of the molecule is OCCCn1cnc(C(F)(F)F)c1. The number of aromatic nitrogens is 2. The number of alkyl halides is 3. The number of aryl methyl sites for hydroxylation is 1. The quantitative estimate of drug-likeness (QED) is 0.787. The van der Waals surface area contributed by atoms with Crippen molar-refractivity contribution in [2.75, 3.05) is 6.61 Å². The second-order valence-electron chi connectivity index (χ2n) is 2.57. The Bertz CT molecular complexity index is 269. The molecule has 0 atom stereocenters. The minimum Gasteiger partial charge on any atom is -0.396 e. The van der Waals surface area contributed by atoms with Crippen LogP contribution in [0.3, 0.4) is 0 Å². The lowest BCUT2D eigenvalue weighted by molar-refractivity contribution is -0.140. The molecule has 1 rings (SSSR count). The van der Waals surface area contributed by atoms with Crippen molar-refractivity contribution in [3.05, 3.63) is 18.2 Å². The van der Waals surface area contributed by atoms with Crippen molar-refractivity contribution < 1.29 is 18.3 Å². The highest BCUT2D eigenvalue weighted by atomic mass is 19.4. The van der Waals surface area contributed by atoms with Crippen molar-refractivity contribution in [1.29, 1.82) is 0 Å². The molecule has 1 heterocycles.